The summed E-state index contributed by atoms with van der Waals surface area (Å²) < 4.78 is 76.9. The Balaban J connectivity index is 0.000000131. The van der Waals surface area contributed by atoms with Crippen LogP contribution in [0.4, 0.5) is 0 Å². The van der Waals surface area contributed by atoms with Crippen molar-refractivity contribution in [1.82, 2.24) is 0 Å². The number of rotatable bonds is 17. The number of carboxylic acid groups (broad SMARTS) is 1. The minimum atomic E-state index is -3.86. The number of carbonyl (C=O) groups is 6. The molecule has 0 aliphatic heterocycles. The van der Waals surface area contributed by atoms with E-state index >= 15 is 0 Å². The Morgan fingerprint density at radius 1 is 0.435 bits per heavy atom. The maximum absolute atomic E-state index is 12.6. The van der Waals surface area contributed by atoms with Crippen molar-refractivity contribution in [2.24, 2.45) is 79.3 Å². The highest BCUT2D eigenvalue weighted by atomic mass is 35.5. The zero-order valence-electron chi connectivity index (χ0n) is 76.6. The molecule has 706 valence electrons. The molecule has 0 radical (unpaired) electrons. The Morgan fingerprint density at radius 3 is 1.19 bits per heavy atom. The van der Waals surface area contributed by atoms with Crippen LogP contribution in [-0.4, -0.2) is 130 Å². The van der Waals surface area contributed by atoms with Gasteiger partial charge < -0.3 is 48.8 Å². The van der Waals surface area contributed by atoms with E-state index in [0.29, 0.717) is 60.1 Å². The molecule has 7 aromatic rings. The molecule has 12 aliphatic rings. The fourth-order valence-corrected chi connectivity index (χ4v) is 27.7. The third-order valence-corrected chi connectivity index (χ3v) is 35.0. The van der Waals surface area contributed by atoms with Gasteiger partial charge in [0.2, 0.25) is 25.3 Å². The number of benzene rings is 7. The van der Waals surface area contributed by atoms with Gasteiger partial charge >= 0.3 is 29.8 Å². The van der Waals surface area contributed by atoms with E-state index in [1.807, 2.05) is 36.4 Å². The van der Waals surface area contributed by atoms with Crippen molar-refractivity contribution in [2.45, 2.75) is 267 Å². The molecule has 0 aromatic heterocycles. The third-order valence-electron chi connectivity index (χ3n) is 32.8. The molecule has 131 heavy (non-hydrogen) atoms. The van der Waals surface area contributed by atoms with Crippen LogP contribution in [0.3, 0.4) is 0 Å². The number of hydrogen-bond acceptors (Lipinski definition) is 19. The third kappa shape index (κ3) is 22.1. The average Bonchev–Trinajstić information content (AvgIpc) is 1.65. The number of primary sulfonamides is 2. The smallest absolute Gasteiger partial charge is 0.344 e. The summed E-state index contributed by atoms with van der Waals surface area (Å²) in [4.78, 5) is 69.0. The fourth-order valence-electron chi connectivity index (χ4n) is 26.4. The van der Waals surface area contributed by atoms with E-state index in [1.54, 1.807) is 39.4 Å². The number of sulfonamides is 2. The number of ether oxygens (including phenoxy) is 6. The molecule has 12 aliphatic carbocycles. The molecule has 0 heterocycles. The van der Waals surface area contributed by atoms with Gasteiger partial charge in [0.15, 0.2) is 6.61 Å². The van der Waals surface area contributed by atoms with Crippen LogP contribution >= 0.6 is 20.8 Å². The summed E-state index contributed by atoms with van der Waals surface area (Å²) in [5, 5.41) is 47.2. The largest absolute Gasteiger partial charge is 0.508 e. The number of aryl methyl sites for hydroxylation is 7. The Hall–Kier alpha value is -8.26. The maximum Gasteiger partial charge on any atom is 0.344 e. The van der Waals surface area contributed by atoms with Gasteiger partial charge in [0.05, 0.1) is 40.0 Å². The number of phenolic OH excluding ortho intramolecular Hbond substituents is 1. The van der Waals surface area contributed by atoms with Crippen LogP contribution in [0.2, 0.25) is 0 Å². The quantitative estimate of drug-likeness (QED) is 0.0213. The molecule has 0 amide bonds. The molecule has 21 atom stereocenters. The first kappa shape index (κ1) is 98.7. The maximum atomic E-state index is 12.6. The lowest BCUT2D eigenvalue weighted by atomic mass is 9.55. The summed E-state index contributed by atoms with van der Waals surface area (Å²) in [5.74, 6) is 5.19. The molecule has 7 aromatic carbocycles. The van der Waals surface area contributed by atoms with Gasteiger partial charge in [-0.2, -0.15) is 0 Å². The van der Waals surface area contributed by atoms with Crippen molar-refractivity contribution in [1.29, 1.82) is 0 Å². The van der Waals surface area contributed by atoms with E-state index in [-0.39, 0.29) is 86.2 Å². The van der Waals surface area contributed by atoms with Gasteiger partial charge in [0.25, 0.3) is 0 Å². The first-order valence-corrected chi connectivity index (χ1v) is 51.4. The molecule has 22 nitrogen and oxygen atoms in total. The Labute approximate surface area is 779 Å². The molecular weight excluding hydrogens is 1740 g/mol. The monoisotopic (exact) mass is 1870 g/mol. The zero-order valence-corrected chi connectivity index (χ0v) is 80.2. The van der Waals surface area contributed by atoms with Gasteiger partial charge in [-0.3, -0.25) is 4.79 Å². The molecule has 26 heteroatoms. The second-order valence-corrected chi connectivity index (χ2v) is 44.0. The molecule has 8 saturated carbocycles. The fraction of sp³-hybridized carbons (Fsp3) is 0.543. The van der Waals surface area contributed by atoms with Crippen molar-refractivity contribution >= 4 is 76.0 Å². The van der Waals surface area contributed by atoms with E-state index in [2.05, 4.69) is 118 Å². The highest BCUT2D eigenvalue weighted by Gasteiger charge is 2.60. The van der Waals surface area contributed by atoms with Crippen LogP contribution in [0, 0.1) is 89.8 Å². The number of carboxylic acids is 1. The molecule has 0 saturated heterocycles. The number of aliphatic hydroxyl groups is 2. The van der Waals surface area contributed by atoms with Gasteiger partial charge in [-0.15, -0.1) is 9.24 Å². The summed E-state index contributed by atoms with van der Waals surface area (Å²) in [7, 11) is -5.12. The standard InChI is InChI=1S/C27H31NO7S.C22H31O3P.C21H28O3.C19H26O.C9H9ClO2.C7H7NO4S/c1-27-13-12-21-20-9-5-18(29)14-17(20)4-8-22(21)23(27)10-11-24(27)35-25(30)15-34-26(31)16-2-6-19(7-3-16)36(28,32)33;1-14-3-5-16-15(11-14)4-6-18-17(16)9-10-22(2)19(18)7-8-20(22)25-21(23)12-24-13-26;1-13-3-5-15-14(11-13)4-6-17-16(15)9-10-21(2)18(17)7-8-19(21)24-20(23)12-22;1-12-3-5-14-13(11-12)4-6-16-15(14)9-10-19(2)17(16)7-8-18(19)20;10-9(11)7-12-6-8-4-2-1-3-5-8;8-13(11,12)6-3-1-5(2-4-6)7(9)10/h2-3,5-7,9,14,21-24,29H,4,8,10-13,15H2,1H3,(H2,28,32,33);3,5,11,17-20H,4,6-10,12-13,26H2,1-2H3;3,5,11,16-19,22H,4,6-10,12H2,1-2H3;3,5,11,15-18,20H,4,6-10H2,1-2H3;1-5H,6-7H2;1-4H,(H,9,10)(H2,8,11,12)/t21?,22?,23?,24-,27-;17?,18?,19?,20-,22-;16?,17?,18?,19-,21-;15?,16?,17?,18-,19-;;/m0000../s1. The van der Waals surface area contributed by atoms with Crippen LogP contribution < -0.4 is 10.3 Å². The number of nitrogens with two attached hydrogens (primary N) is 2. The highest BCUT2D eigenvalue weighted by Crippen LogP contribution is 2.66. The minimum absolute atomic E-state index is 0.0116. The molecule has 13 unspecified atom stereocenters. The number of fused-ring (bicyclic) bond motifs is 20. The average molecular weight is 1870 g/mol. The lowest BCUT2D eigenvalue weighted by Gasteiger charge is -2.50. The predicted octanol–water partition coefficient (Wildman–Crippen LogP) is 18.2. The number of aromatic hydroxyl groups is 1. The van der Waals surface area contributed by atoms with E-state index in [1.165, 1.54) is 141 Å². The van der Waals surface area contributed by atoms with Gasteiger partial charge in [0, 0.05) is 16.2 Å². The van der Waals surface area contributed by atoms with Crippen LogP contribution in [0.1, 0.15) is 267 Å². The highest BCUT2D eigenvalue weighted by molar-refractivity contribution is 7.89. The Kier molecular flexibility index (Phi) is 31.6. The lowest BCUT2D eigenvalue weighted by molar-refractivity contribution is -0.162. The summed E-state index contributed by atoms with van der Waals surface area (Å²) in [6, 6.07) is 46.2. The Morgan fingerprint density at radius 2 is 0.802 bits per heavy atom. The summed E-state index contributed by atoms with van der Waals surface area (Å²) in [6.45, 7) is 15.3. The van der Waals surface area contributed by atoms with Crippen LogP contribution in [0.25, 0.3) is 0 Å². The van der Waals surface area contributed by atoms with Crippen molar-refractivity contribution in [3.05, 3.63) is 230 Å². The van der Waals surface area contributed by atoms with E-state index in [4.69, 9.17) is 60.5 Å². The number of aromatic carboxylic acids is 1. The number of aliphatic hydroxyl groups excluding tert-OH is 2. The van der Waals surface area contributed by atoms with Gasteiger partial charge in [-0.25, -0.2) is 51.1 Å². The number of esters is 4. The molecule has 8 N–H and O–H groups in total. The topological polar surface area (TPSA) is 359 Å². The molecular formula is C105H132ClN2O20PS2. The SMILES string of the molecule is C[C@]12CCC3c4ccc(O)cc4CCC3C1CC[C@@H]2OC(=O)COC(=O)c1ccc(S(N)(=O)=O)cc1.Cc1ccc2c(c1)CCC1C2CC[C@@]2(C)C1CC[C@@H]2O.Cc1ccc2c(c1)CCC1C2CC[C@@]2(C)C1CC[C@@H]2OC(=O)CO.Cc1ccc2c(c1)CCC1C2CC[C@@]2(C)C1CC[C@@H]2OC(=O)COCP.NS(=O)(=O)c1ccc(C(=O)O)cc1.O=C(Cl)COCc1ccccc1. The summed E-state index contributed by atoms with van der Waals surface area (Å²) >= 11 is 5.08. The number of halogens is 1. The van der Waals surface area contributed by atoms with Gasteiger partial charge in [-0.1, -0.05) is 135 Å². The van der Waals surface area contributed by atoms with E-state index in [0.717, 1.165) is 124 Å². The van der Waals surface area contributed by atoms with Gasteiger partial charge in [0.1, 0.15) is 43.9 Å². The van der Waals surface area contributed by atoms with Crippen LogP contribution in [-0.2, 0) is 99.9 Å². The van der Waals surface area contributed by atoms with Crippen molar-refractivity contribution in [3.8, 4) is 5.75 Å². The predicted molar refractivity (Wildman–Crippen MR) is 503 cm³/mol. The first-order valence-electron chi connectivity index (χ1n) is 47.1. The number of hydrogen-bond donors (Lipinski definition) is 6. The zero-order chi connectivity index (χ0) is 93.7. The molecule has 0 spiro atoms. The normalized spacial score (nSPS) is 30.3. The van der Waals surface area contributed by atoms with E-state index < -0.39 is 62.4 Å². The Bertz CT molecular complexity index is 5510. The molecule has 0 bridgehead atoms. The van der Waals surface area contributed by atoms with Crippen molar-refractivity contribution in [2.75, 3.05) is 32.8 Å². The van der Waals surface area contributed by atoms with Crippen molar-refractivity contribution < 1.29 is 94.5 Å². The first-order chi connectivity index (χ1) is 62.4. The minimum Gasteiger partial charge on any atom is -0.508 e. The second-order valence-electron chi connectivity index (χ2n) is 40.1. The second kappa shape index (κ2) is 41.9. The van der Waals surface area contributed by atoms with Crippen molar-refractivity contribution in [3.63, 3.8) is 0 Å². The number of phenols is 1. The molecule has 19 rings (SSSR count). The van der Waals surface area contributed by atoms with Crippen LogP contribution in [0.15, 0.2) is 161 Å². The number of carbonyl (C=O) groups excluding carboxylic acids is 5. The van der Waals surface area contributed by atoms with E-state index in [9.17, 15) is 55.8 Å². The molecule has 8 fully saturated rings. The summed E-state index contributed by atoms with van der Waals surface area (Å²) in [6.07, 6.45) is 27.4. The van der Waals surface area contributed by atoms with Crippen LogP contribution in [0.5, 0.6) is 5.75 Å². The van der Waals surface area contributed by atoms with Gasteiger partial charge in [-0.05, 0) is 374 Å². The summed E-state index contributed by atoms with van der Waals surface area (Å²) in [5.41, 5.74) is 17.8. The lowest BCUT2D eigenvalue weighted by Crippen LogP contribution is -2.45.